The van der Waals surface area contributed by atoms with Crippen molar-refractivity contribution < 1.29 is 27.8 Å². The van der Waals surface area contributed by atoms with Gasteiger partial charge in [-0.15, -0.1) is 0 Å². The predicted molar refractivity (Wildman–Crippen MR) is 183 cm³/mol. The van der Waals surface area contributed by atoms with E-state index in [1.54, 1.807) is 12.1 Å². The third-order valence-corrected chi connectivity index (χ3v) is 8.48. The number of nitrogens with zero attached hydrogens (tertiary/aromatic N) is 1. The molecule has 2 fully saturated rings. The smallest absolute Gasteiger partial charge is 0.410 e. The molecule has 1 heterocycles. The molecule has 0 radical (unpaired) electrons. The Morgan fingerprint density at radius 1 is 1.02 bits per heavy atom. The van der Waals surface area contributed by atoms with Crippen molar-refractivity contribution in [3.63, 3.8) is 0 Å². The number of amides is 1. The van der Waals surface area contributed by atoms with Crippen molar-refractivity contribution in [2.24, 2.45) is 11.3 Å². The first-order valence-corrected chi connectivity index (χ1v) is 17.2. The number of hydrogen-bond donors (Lipinski definition) is 0. The Hall–Kier alpha value is -2.57. The van der Waals surface area contributed by atoms with Crippen LogP contribution in [0.3, 0.4) is 0 Å². The van der Waals surface area contributed by atoms with Gasteiger partial charge in [0.25, 0.3) is 0 Å². The third kappa shape index (κ3) is 16.0. The lowest BCUT2D eigenvalue weighted by Crippen LogP contribution is -2.46. The predicted octanol–water partition coefficient (Wildman–Crippen LogP) is 11.7. The summed E-state index contributed by atoms with van der Waals surface area (Å²) in [6.07, 6.45) is 11.8. The van der Waals surface area contributed by atoms with Gasteiger partial charge in [-0.25, -0.2) is 4.79 Å². The standard InChI is InChI=1S/C27H47NO3.C9H10F2O.C2H6/c1-8-10-11-24(20-22(4)21(3)9-2)30-23-12-14-27(15-13-23)16-18-28(19-17-27)25(29)31-26(5,6)7;1-7-3-5-8(6-4-7)12-9(2,10)11;1-2/h11,20-21,23H,8-10,12-19H2,1-7H3;3-6H,1-2H3;1-2H3/b22-20-,24-11?;;. The van der Waals surface area contributed by atoms with Gasteiger partial charge in [0, 0.05) is 20.0 Å². The van der Waals surface area contributed by atoms with Crippen LogP contribution >= 0.6 is 0 Å². The SMILES string of the molecule is CC.CCCC=C(/C=C(/C)C(C)CC)OC1CCC2(CC1)CCN(C(=O)OC(C)(C)C)CC2.Cc1ccc(OC(C)(F)F)cc1. The molecule has 0 aromatic heterocycles. The van der Waals surface area contributed by atoms with Crippen LogP contribution in [-0.4, -0.2) is 41.9 Å². The summed E-state index contributed by atoms with van der Waals surface area (Å²) < 4.78 is 41.0. The van der Waals surface area contributed by atoms with E-state index in [0.717, 1.165) is 69.4 Å². The van der Waals surface area contributed by atoms with Gasteiger partial charge in [0.2, 0.25) is 0 Å². The van der Waals surface area contributed by atoms with Gasteiger partial charge in [0.1, 0.15) is 17.1 Å². The first-order chi connectivity index (χ1) is 21.0. The minimum atomic E-state index is -3.10. The summed E-state index contributed by atoms with van der Waals surface area (Å²) in [5.74, 6) is 1.85. The number of allylic oxidation sites excluding steroid dienone is 3. The summed E-state index contributed by atoms with van der Waals surface area (Å²) in [4.78, 5) is 14.3. The number of carbonyl (C=O) groups is 1. The molecule has 1 aromatic carbocycles. The summed E-state index contributed by atoms with van der Waals surface area (Å²) in [7, 11) is 0. The summed E-state index contributed by atoms with van der Waals surface area (Å²) >= 11 is 0. The maximum absolute atomic E-state index is 12.4. The summed E-state index contributed by atoms with van der Waals surface area (Å²) in [5.41, 5.74) is 2.38. The molecule has 45 heavy (non-hydrogen) atoms. The van der Waals surface area contributed by atoms with E-state index in [-0.39, 0.29) is 11.8 Å². The van der Waals surface area contributed by atoms with E-state index in [0.29, 0.717) is 24.4 Å². The highest BCUT2D eigenvalue weighted by Crippen LogP contribution is 2.45. The van der Waals surface area contributed by atoms with Gasteiger partial charge in [-0.3, -0.25) is 0 Å². The molecule has 1 spiro atoms. The Morgan fingerprint density at radius 3 is 2.04 bits per heavy atom. The quantitative estimate of drug-likeness (QED) is 0.200. The lowest BCUT2D eigenvalue weighted by Gasteiger charge is -2.45. The van der Waals surface area contributed by atoms with Crippen LogP contribution in [0.5, 0.6) is 5.75 Å². The van der Waals surface area contributed by atoms with Gasteiger partial charge in [-0.2, -0.15) is 8.78 Å². The van der Waals surface area contributed by atoms with Gasteiger partial charge in [-0.1, -0.05) is 64.3 Å². The van der Waals surface area contributed by atoms with Crippen LogP contribution in [0, 0.1) is 18.3 Å². The zero-order valence-electron chi connectivity index (χ0n) is 30.2. The monoisotopic (exact) mass is 635 g/mol. The van der Waals surface area contributed by atoms with Crippen LogP contribution in [0.4, 0.5) is 13.6 Å². The zero-order valence-corrected chi connectivity index (χ0v) is 30.2. The number of halogens is 2. The molecule has 1 amide bonds. The molecule has 1 saturated carbocycles. The molecule has 3 rings (SSSR count). The number of benzene rings is 1. The minimum Gasteiger partial charge on any atom is -0.491 e. The van der Waals surface area contributed by atoms with Crippen LogP contribution in [0.1, 0.15) is 133 Å². The van der Waals surface area contributed by atoms with E-state index in [4.69, 9.17) is 9.47 Å². The molecule has 7 heteroatoms. The maximum atomic E-state index is 12.4. The van der Waals surface area contributed by atoms with Crippen molar-refractivity contribution >= 4 is 6.09 Å². The Balaban J connectivity index is 0.000000601. The van der Waals surface area contributed by atoms with Crippen molar-refractivity contribution in [3.8, 4) is 5.75 Å². The van der Waals surface area contributed by atoms with E-state index in [1.165, 1.54) is 30.5 Å². The van der Waals surface area contributed by atoms with Crippen LogP contribution in [0.2, 0.25) is 0 Å². The number of alkyl halides is 2. The molecule has 1 aliphatic heterocycles. The fraction of sp³-hybridized carbons (Fsp3) is 0.711. The fourth-order valence-corrected chi connectivity index (χ4v) is 5.43. The number of hydrogen-bond acceptors (Lipinski definition) is 4. The Bertz CT molecular complexity index is 1030. The van der Waals surface area contributed by atoms with Crippen molar-refractivity contribution in [3.05, 3.63) is 53.3 Å². The number of ether oxygens (including phenoxy) is 3. The molecule has 0 bridgehead atoms. The summed E-state index contributed by atoms with van der Waals surface area (Å²) in [6, 6.07) is 6.49. The molecule has 1 atom stereocenters. The van der Waals surface area contributed by atoms with Crippen LogP contribution < -0.4 is 4.74 Å². The second kappa shape index (κ2) is 19.2. The molecular formula is C38H63F2NO4. The Morgan fingerprint density at radius 2 is 1.58 bits per heavy atom. The molecule has 258 valence electrons. The molecule has 0 N–H and O–H groups in total. The van der Waals surface area contributed by atoms with E-state index in [2.05, 4.69) is 44.6 Å². The Labute approximate surface area is 273 Å². The topological polar surface area (TPSA) is 48.0 Å². The van der Waals surface area contributed by atoms with Gasteiger partial charge in [0.15, 0.2) is 0 Å². The van der Waals surface area contributed by atoms with E-state index in [1.807, 2.05) is 46.4 Å². The van der Waals surface area contributed by atoms with E-state index >= 15 is 0 Å². The van der Waals surface area contributed by atoms with Crippen molar-refractivity contribution in [2.75, 3.05) is 13.1 Å². The number of carbonyl (C=O) groups excluding carboxylic acids is 1. The van der Waals surface area contributed by atoms with Crippen molar-refractivity contribution in [1.82, 2.24) is 4.90 Å². The molecule has 2 aliphatic rings. The van der Waals surface area contributed by atoms with E-state index in [9.17, 15) is 13.6 Å². The van der Waals surface area contributed by atoms with Crippen LogP contribution in [0.15, 0.2) is 47.7 Å². The van der Waals surface area contributed by atoms with Crippen molar-refractivity contribution in [1.29, 1.82) is 0 Å². The second-order valence-electron chi connectivity index (χ2n) is 13.6. The number of likely N-dealkylation sites (tertiary alicyclic amines) is 1. The fourth-order valence-electron chi connectivity index (χ4n) is 5.43. The molecule has 1 saturated heterocycles. The molecule has 5 nitrogen and oxygen atoms in total. The number of rotatable bonds is 9. The summed E-state index contributed by atoms with van der Waals surface area (Å²) in [6.45, 7) is 23.0. The largest absolute Gasteiger partial charge is 0.491 e. The van der Waals surface area contributed by atoms with Crippen LogP contribution in [-0.2, 0) is 9.47 Å². The van der Waals surface area contributed by atoms with E-state index < -0.39 is 11.7 Å². The van der Waals surface area contributed by atoms with Gasteiger partial charge < -0.3 is 19.1 Å². The highest BCUT2D eigenvalue weighted by Gasteiger charge is 2.40. The highest BCUT2D eigenvalue weighted by molar-refractivity contribution is 5.68. The average molecular weight is 636 g/mol. The second-order valence-corrected chi connectivity index (χ2v) is 13.6. The lowest BCUT2D eigenvalue weighted by atomic mass is 9.67. The molecule has 1 aliphatic carbocycles. The molecular weight excluding hydrogens is 572 g/mol. The average Bonchev–Trinajstić information content (AvgIpc) is 2.98. The van der Waals surface area contributed by atoms with Crippen LogP contribution in [0.25, 0.3) is 0 Å². The maximum Gasteiger partial charge on any atom is 0.410 e. The normalized spacial score (nSPS) is 18.2. The third-order valence-electron chi connectivity index (χ3n) is 8.48. The van der Waals surface area contributed by atoms with Gasteiger partial charge >= 0.3 is 12.2 Å². The van der Waals surface area contributed by atoms with Gasteiger partial charge in [0.05, 0.1) is 6.10 Å². The number of aryl methyl sites for hydroxylation is 1. The molecule has 1 aromatic rings. The first-order valence-electron chi connectivity index (χ1n) is 17.2. The summed E-state index contributed by atoms with van der Waals surface area (Å²) in [5, 5.41) is 0. The zero-order chi connectivity index (χ0) is 34.3. The van der Waals surface area contributed by atoms with Crippen molar-refractivity contribution in [2.45, 2.75) is 152 Å². The highest BCUT2D eigenvalue weighted by atomic mass is 19.3. The number of unbranched alkanes of at least 4 members (excludes halogenated alkanes) is 1. The minimum absolute atomic E-state index is 0.159. The number of piperidine rings is 1. The first kappa shape index (κ1) is 40.5. The molecule has 1 unspecified atom stereocenters. The van der Waals surface area contributed by atoms with Gasteiger partial charge in [-0.05, 0) is 122 Å². The Kier molecular flexibility index (Phi) is 17.2. The lowest BCUT2D eigenvalue weighted by molar-refractivity contribution is -0.158.